The quantitative estimate of drug-likeness (QED) is 0.640. The molecule has 0 aliphatic rings. The molecule has 3 aromatic rings. The summed E-state index contributed by atoms with van der Waals surface area (Å²) < 4.78 is 4.31. The van der Waals surface area contributed by atoms with Crippen molar-refractivity contribution in [3.05, 3.63) is 41.4 Å². The van der Waals surface area contributed by atoms with Gasteiger partial charge in [-0.2, -0.15) is 5.26 Å². The van der Waals surface area contributed by atoms with Gasteiger partial charge < -0.3 is 15.4 Å². The number of H-pyrrole nitrogens is 1. The van der Waals surface area contributed by atoms with Crippen LogP contribution in [-0.2, 0) is 0 Å². The van der Waals surface area contributed by atoms with Crippen molar-refractivity contribution >= 4 is 45.6 Å². The maximum absolute atomic E-state index is 9.02. The maximum atomic E-state index is 9.02. The molecule has 4 N–H and O–H groups in total. The fourth-order valence-corrected chi connectivity index (χ4v) is 3.41. The molecule has 0 saturated heterocycles. The van der Waals surface area contributed by atoms with Crippen molar-refractivity contribution in [1.29, 1.82) is 5.26 Å². The van der Waals surface area contributed by atoms with E-state index in [1.165, 1.54) is 11.9 Å². The highest BCUT2D eigenvalue weighted by atomic mass is 32.2. The van der Waals surface area contributed by atoms with Crippen LogP contribution in [0.25, 0.3) is 10.9 Å². The highest BCUT2D eigenvalue weighted by molar-refractivity contribution is 8.02. The monoisotopic (exact) mass is 286 g/mol. The first-order chi connectivity index (χ1) is 9.29. The van der Waals surface area contributed by atoms with Crippen molar-refractivity contribution in [2.24, 2.45) is 0 Å². The minimum atomic E-state index is 0.652. The first-order valence-corrected chi connectivity index (χ1v) is 7.25. The van der Waals surface area contributed by atoms with Gasteiger partial charge in [0.2, 0.25) is 0 Å². The van der Waals surface area contributed by atoms with E-state index in [4.69, 9.17) is 11.0 Å². The molecule has 0 amide bonds. The van der Waals surface area contributed by atoms with Crippen molar-refractivity contribution < 1.29 is 0 Å². The number of para-hydroxylation sites is 1. The van der Waals surface area contributed by atoms with Gasteiger partial charge in [-0.25, -0.2) is 0 Å². The van der Waals surface area contributed by atoms with Crippen LogP contribution in [-0.4, -0.2) is 4.98 Å². The van der Waals surface area contributed by atoms with Crippen LogP contribution in [0, 0.1) is 11.3 Å². The Kier molecular flexibility index (Phi) is 3.07. The van der Waals surface area contributed by atoms with Crippen LogP contribution in [0.5, 0.6) is 0 Å². The third-order valence-corrected chi connectivity index (χ3v) is 4.75. The van der Waals surface area contributed by atoms with Gasteiger partial charge in [-0.05, 0) is 29.5 Å². The first kappa shape index (κ1) is 12.0. The summed E-state index contributed by atoms with van der Waals surface area (Å²) in [7, 11) is 0. The number of rotatable bonds is 3. The van der Waals surface area contributed by atoms with Gasteiger partial charge in [-0.3, -0.25) is 0 Å². The first-order valence-electron chi connectivity index (χ1n) is 5.55. The molecule has 6 heteroatoms. The molecule has 0 spiro atoms. The van der Waals surface area contributed by atoms with Crippen LogP contribution < -0.4 is 10.5 Å². The van der Waals surface area contributed by atoms with Gasteiger partial charge in [-0.1, -0.05) is 12.1 Å². The molecular weight excluding hydrogens is 276 g/mol. The normalized spacial score (nSPS) is 10.5. The highest BCUT2D eigenvalue weighted by Gasteiger charge is 2.08. The summed E-state index contributed by atoms with van der Waals surface area (Å²) in [5, 5.41) is 11.9. The van der Waals surface area contributed by atoms with E-state index in [1.807, 2.05) is 29.6 Å². The number of nitrogens with two attached hydrogens (primary N) is 1. The Morgan fingerprint density at radius 1 is 1.37 bits per heavy atom. The second kappa shape index (κ2) is 4.88. The predicted molar refractivity (Wildman–Crippen MR) is 81.2 cm³/mol. The molecule has 19 heavy (non-hydrogen) atoms. The van der Waals surface area contributed by atoms with Gasteiger partial charge in [0, 0.05) is 11.6 Å². The zero-order valence-electron chi connectivity index (χ0n) is 9.81. The lowest BCUT2D eigenvalue weighted by molar-refractivity contribution is 1.45. The van der Waals surface area contributed by atoms with Gasteiger partial charge in [0.05, 0.1) is 22.5 Å². The van der Waals surface area contributed by atoms with E-state index >= 15 is 0 Å². The number of benzene rings is 1. The van der Waals surface area contributed by atoms with E-state index in [1.54, 1.807) is 17.5 Å². The number of nitrogens with zero attached hydrogens (tertiary/aromatic N) is 1. The molecule has 0 fully saturated rings. The summed E-state index contributed by atoms with van der Waals surface area (Å²) in [5.41, 5.74) is 9.14. The van der Waals surface area contributed by atoms with E-state index in [0.717, 1.165) is 26.5 Å². The van der Waals surface area contributed by atoms with Crippen molar-refractivity contribution in [2.75, 3.05) is 10.5 Å². The molecule has 2 heterocycles. The molecule has 0 radical (unpaired) electrons. The summed E-state index contributed by atoms with van der Waals surface area (Å²) in [6.07, 6.45) is 1.72. The van der Waals surface area contributed by atoms with Gasteiger partial charge in [0.15, 0.2) is 0 Å². The fourth-order valence-electron chi connectivity index (χ4n) is 1.82. The van der Waals surface area contributed by atoms with Gasteiger partial charge in [-0.15, -0.1) is 11.3 Å². The zero-order valence-corrected chi connectivity index (χ0v) is 11.4. The topological polar surface area (TPSA) is 77.6 Å². The molecule has 4 nitrogen and oxygen atoms in total. The third kappa shape index (κ3) is 2.14. The standard InChI is InChI=1S/C13H10N4S2/c14-6-8-7-16-12-9(8)2-1-3-11(12)17-19-13-10(15)4-5-18-13/h1-5,7,16-17H,15H2. The minimum Gasteiger partial charge on any atom is -0.397 e. The lowest BCUT2D eigenvalue weighted by atomic mass is 10.2. The van der Waals surface area contributed by atoms with Crippen molar-refractivity contribution in [2.45, 2.75) is 4.21 Å². The molecular formula is C13H10N4S2. The third-order valence-electron chi connectivity index (χ3n) is 2.75. The lowest BCUT2D eigenvalue weighted by Crippen LogP contribution is -1.89. The van der Waals surface area contributed by atoms with E-state index in [-0.39, 0.29) is 0 Å². The Hall–Kier alpha value is -2.10. The number of hydrogen-bond donors (Lipinski definition) is 3. The number of hydrogen-bond acceptors (Lipinski definition) is 5. The summed E-state index contributed by atoms with van der Waals surface area (Å²) in [4.78, 5) is 3.13. The summed E-state index contributed by atoms with van der Waals surface area (Å²) >= 11 is 3.08. The Balaban J connectivity index is 1.91. The Bertz CT molecular complexity index is 766. The van der Waals surface area contributed by atoms with Crippen molar-refractivity contribution in [3.63, 3.8) is 0 Å². The van der Waals surface area contributed by atoms with E-state index in [9.17, 15) is 0 Å². The molecule has 1 aromatic carbocycles. The average Bonchev–Trinajstić information content (AvgIpc) is 3.02. The lowest BCUT2D eigenvalue weighted by Gasteiger charge is -2.05. The Morgan fingerprint density at radius 3 is 3.00 bits per heavy atom. The molecule has 94 valence electrons. The molecule has 0 aliphatic heterocycles. The van der Waals surface area contributed by atoms with E-state index in [2.05, 4.69) is 15.8 Å². The molecule has 0 atom stereocenters. The van der Waals surface area contributed by atoms with Crippen LogP contribution in [0.3, 0.4) is 0 Å². The minimum absolute atomic E-state index is 0.652. The van der Waals surface area contributed by atoms with Crippen molar-refractivity contribution in [3.8, 4) is 6.07 Å². The molecule has 0 unspecified atom stereocenters. The summed E-state index contributed by atoms with van der Waals surface area (Å²) in [5.74, 6) is 0. The van der Waals surface area contributed by atoms with Crippen LogP contribution in [0.15, 0.2) is 40.1 Å². The van der Waals surface area contributed by atoms with E-state index in [0.29, 0.717) is 5.56 Å². The predicted octanol–water partition coefficient (Wildman–Crippen LogP) is 3.80. The molecule has 0 saturated carbocycles. The zero-order chi connectivity index (χ0) is 13.2. The Labute approximate surface area is 118 Å². The van der Waals surface area contributed by atoms with Gasteiger partial charge in [0.1, 0.15) is 10.3 Å². The van der Waals surface area contributed by atoms with Crippen LogP contribution in [0.1, 0.15) is 5.56 Å². The number of fused-ring (bicyclic) bond motifs is 1. The number of thiophene rings is 1. The van der Waals surface area contributed by atoms with Crippen molar-refractivity contribution in [1.82, 2.24) is 4.98 Å². The van der Waals surface area contributed by atoms with Crippen LogP contribution in [0.4, 0.5) is 11.4 Å². The van der Waals surface area contributed by atoms with Crippen LogP contribution >= 0.6 is 23.3 Å². The van der Waals surface area contributed by atoms with Crippen LogP contribution in [0.2, 0.25) is 0 Å². The highest BCUT2D eigenvalue weighted by Crippen LogP contribution is 2.33. The average molecular weight is 286 g/mol. The number of aromatic amines is 1. The molecule has 0 bridgehead atoms. The SMILES string of the molecule is N#Cc1c[nH]c2c(NSc3sccc3N)cccc12. The number of anilines is 2. The number of nitrogen functional groups attached to an aromatic ring is 1. The number of aromatic nitrogens is 1. The van der Waals surface area contributed by atoms with Gasteiger partial charge >= 0.3 is 0 Å². The number of nitrogens with one attached hydrogen (secondary N) is 2. The maximum Gasteiger partial charge on any atom is 0.104 e. The molecule has 3 rings (SSSR count). The number of nitriles is 1. The summed E-state index contributed by atoms with van der Waals surface area (Å²) in [6, 6.07) is 9.89. The van der Waals surface area contributed by atoms with E-state index < -0.39 is 0 Å². The smallest absolute Gasteiger partial charge is 0.104 e. The van der Waals surface area contributed by atoms with Gasteiger partial charge in [0.25, 0.3) is 0 Å². The summed E-state index contributed by atoms with van der Waals surface area (Å²) in [6.45, 7) is 0. The fraction of sp³-hybridized carbons (Fsp3) is 0. The Morgan fingerprint density at radius 2 is 2.26 bits per heavy atom. The second-order valence-corrected chi connectivity index (χ2v) is 5.90. The largest absolute Gasteiger partial charge is 0.397 e. The molecule has 2 aromatic heterocycles. The second-order valence-electron chi connectivity index (χ2n) is 3.91. The molecule has 0 aliphatic carbocycles.